The number of hydrogen-bond donors (Lipinski definition) is 0. The second-order valence-corrected chi connectivity index (χ2v) is 8.36. The van der Waals surface area contributed by atoms with Crippen molar-refractivity contribution in [2.24, 2.45) is 7.05 Å². The molecule has 3 heterocycles. The zero-order chi connectivity index (χ0) is 18.3. The highest BCUT2D eigenvalue weighted by Gasteiger charge is 2.29. The van der Waals surface area contributed by atoms with E-state index in [4.69, 9.17) is 4.74 Å². The molecule has 1 atom stereocenters. The van der Waals surface area contributed by atoms with Crippen molar-refractivity contribution in [3.05, 3.63) is 28.8 Å². The second-order valence-electron chi connectivity index (χ2n) is 7.42. The average Bonchev–Trinajstić information content (AvgIpc) is 3.08. The van der Waals surface area contributed by atoms with Crippen LogP contribution < -0.4 is 0 Å². The molecule has 26 heavy (non-hydrogen) atoms. The molecule has 0 aromatic carbocycles. The number of carbonyl (C=O) groups is 1. The van der Waals surface area contributed by atoms with Gasteiger partial charge >= 0.3 is 0 Å². The van der Waals surface area contributed by atoms with E-state index in [2.05, 4.69) is 21.7 Å². The van der Waals surface area contributed by atoms with E-state index in [1.54, 1.807) is 0 Å². The molecule has 1 aliphatic heterocycles. The lowest BCUT2D eigenvalue weighted by Gasteiger charge is -2.14. The first kappa shape index (κ1) is 17.8. The van der Waals surface area contributed by atoms with Crippen molar-refractivity contribution in [3.63, 3.8) is 0 Å². The Kier molecular flexibility index (Phi) is 4.92. The van der Waals surface area contributed by atoms with Crippen LogP contribution in [0.25, 0.3) is 0 Å². The summed E-state index contributed by atoms with van der Waals surface area (Å²) in [5, 5.41) is 9.37. The molecule has 1 aliphatic carbocycles. The number of rotatable bonds is 7. The number of ether oxygens (including phenoxy) is 1. The van der Waals surface area contributed by atoms with E-state index in [-0.39, 0.29) is 11.9 Å². The number of thioether (sulfide) groups is 1. The van der Waals surface area contributed by atoms with Gasteiger partial charge in [0.25, 0.3) is 0 Å². The normalized spacial score (nSPS) is 20.0. The van der Waals surface area contributed by atoms with Gasteiger partial charge in [-0.15, -0.1) is 10.2 Å². The van der Waals surface area contributed by atoms with Gasteiger partial charge in [0.05, 0.1) is 11.9 Å². The van der Waals surface area contributed by atoms with E-state index in [0.717, 1.165) is 53.9 Å². The summed E-state index contributed by atoms with van der Waals surface area (Å²) in [5.74, 6) is 2.16. The summed E-state index contributed by atoms with van der Waals surface area (Å²) < 4.78 is 10.0. The highest BCUT2D eigenvalue weighted by molar-refractivity contribution is 7.99. The van der Waals surface area contributed by atoms with E-state index < -0.39 is 0 Å². The Labute approximate surface area is 158 Å². The lowest BCUT2D eigenvalue weighted by atomic mass is 10.2. The van der Waals surface area contributed by atoms with Crippen LogP contribution in [0.1, 0.15) is 59.2 Å². The number of Topliss-reactive ketones (excluding diaryl/α,β-unsaturated/α-hetero) is 1. The maximum atomic E-state index is 12.8. The molecule has 0 radical (unpaired) electrons. The van der Waals surface area contributed by atoms with Gasteiger partial charge in [-0.1, -0.05) is 11.8 Å². The molecule has 0 bridgehead atoms. The van der Waals surface area contributed by atoms with Gasteiger partial charge in [-0.05, 0) is 45.6 Å². The van der Waals surface area contributed by atoms with Gasteiger partial charge in [-0.25, -0.2) is 0 Å². The van der Waals surface area contributed by atoms with Crippen molar-refractivity contribution in [3.8, 4) is 0 Å². The molecular formula is C19H26N4O2S. The molecule has 6 nitrogen and oxygen atoms in total. The Morgan fingerprint density at radius 2 is 2.12 bits per heavy atom. The number of aromatic nitrogens is 4. The Balaban J connectivity index is 1.43. The standard InChI is InChI=1S/C19H26N4O2S/c1-12-9-16(13(2)23(12)10-15-5-4-8-25-15)17(24)11-26-19-21-20-18(22(19)3)14-6-7-14/h9,14-15H,4-8,10-11H2,1-3H3/t15-/m1/s1. The predicted molar refractivity (Wildman–Crippen MR) is 101 cm³/mol. The Hall–Kier alpha value is -1.60. The van der Waals surface area contributed by atoms with E-state index in [9.17, 15) is 4.79 Å². The van der Waals surface area contributed by atoms with Gasteiger partial charge in [0.2, 0.25) is 0 Å². The summed E-state index contributed by atoms with van der Waals surface area (Å²) in [7, 11) is 1.99. The van der Waals surface area contributed by atoms with Gasteiger partial charge in [-0.2, -0.15) is 0 Å². The number of hydrogen-bond acceptors (Lipinski definition) is 5. The molecule has 2 aromatic rings. The smallest absolute Gasteiger partial charge is 0.191 e. The van der Waals surface area contributed by atoms with Gasteiger partial charge in [-0.3, -0.25) is 4.79 Å². The lowest BCUT2D eigenvalue weighted by molar-refractivity contribution is 0.0957. The van der Waals surface area contributed by atoms with Crippen LogP contribution in [0, 0.1) is 13.8 Å². The summed E-state index contributed by atoms with van der Waals surface area (Å²) in [6.45, 7) is 5.79. The van der Waals surface area contributed by atoms with Crippen LogP contribution in [0.4, 0.5) is 0 Å². The zero-order valence-corrected chi connectivity index (χ0v) is 16.5. The van der Waals surface area contributed by atoms with Crippen LogP contribution in [0.2, 0.25) is 0 Å². The molecule has 2 aliphatic rings. The summed E-state index contributed by atoms with van der Waals surface area (Å²) in [6.07, 6.45) is 4.91. The molecule has 2 aromatic heterocycles. The fraction of sp³-hybridized carbons (Fsp3) is 0.632. The van der Waals surface area contributed by atoms with Crippen molar-refractivity contribution >= 4 is 17.5 Å². The van der Waals surface area contributed by atoms with Crippen LogP contribution >= 0.6 is 11.8 Å². The lowest BCUT2D eigenvalue weighted by Crippen LogP contribution is -2.17. The van der Waals surface area contributed by atoms with Crippen LogP contribution in [0.5, 0.6) is 0 Å². The fourth-order valence-electron chi connectivity index (χ4n) is 3.71. The summed E-state index contributed by atoms with van der Waals surface area (Å²) in [5.41, 5.74) is 2.99. The quantitative estimate of drug-likeness (QED) is 0.550. The van der Waals surface area contributed by atoms with Crippen molar-refractivity contribution in [2.45, 2.75) is 63.3 Å². The molecule has 7 heteroatoms. The number of nitrogens with zero attached hydrogens (tertiary/aromatic N) is 4. The van der Waals surface area contributed by atoms with Crippen molar-refractivity contribution in [1.82, 2.24) is 19.3 Å². The third-order valence-electron chi connectivity index (χ3n) is 5.43. The largest absolute Gasteiger partial charge is 0.376 e. The highest BCUT2D eigenvalue weighted by atomic mass is 32.2. The molecule has 0 N–H and O–H groups in total. The minimum atomic E-state index is 0.151. The summed E-state index contributed by atoms with van der Waals surface area (Å²) in [4.78, 5) is 12.8. The van der Waals surface area contributed by atoms with Crippen LogP contribution in [-0.2, 0) is 18.3 Å². The Morgan fingerprint density at radius 1 is 1.31 bits per heavy atom. The second kappa shape index (κ2) is 7.19. The number of ketones is 1. The third-order valence-corrected chi connectivity index (χ3v) is 6.45. The molecule has 0 amide bonds. The molecule has 0 unspecified atom stereocenters. The summed E-state index contributed by atoms with van der Waals surface area (Å²) in [6, 6.07) is 2.01. The molecule has 2 fully saturated rings. The molecule has 1 saturated carbocycles. The van der Waals surface area contributed by atoms with Crippen LogP contribution in [-0.4, -0.2) is 43.6 Å². The molecule has 1 saturated heterocycles. The molecule has 0 spiro atoms. The fourth-order valence-corrected chi connectivity index (χ4v) is 4.51. The number of aryl methyl sites for hydroxylation is 1. The van der Waals surface area contributed by atoms with Gasteiger partial charge in [0, 0.05) is 43.1 Å². The minimum absolute atomic E-state index is 0.151. The van der Waals surface area contributed by atoms with Crippen molar-refractivity contribution < 1.29 is 9.53 Å². The summed E-state index contributed by atoms with van der Waals surface area (Å²) >= 11 is 1.48. The molecule has 4 rings (SSSR count). The van der Waals surface area contributed by atoms with E-state index in [1.165, 1.54) is 24.6 Å². The first-order valence-electron chi connectivity index (χ1n) is 9.38. The Bertz CT molecular complexity index is 816. The van der Waals surface area contributed by atoms with Gasteiger partial charge in [0.1, 0.15) is 5.82 Å². The first-order valence-corrected chi connectivity index (χ1v) is 10.4. The predicted octanol–water partition coefficient (Wildman–Crippen LogP) is 3.26. The van der Waals surface area contributed by atoms with E-state index >= 15 is 0 Å². The van der Waals surface area contributed by atoms with Crippen LogP contribution in [0.15, 0.2) is 11.2 Å². The topological polar surface area (TPSA) is 61.9 Å². The average molecular weight is 375 g/mol. The Morgan fingerprint density at radius 3 is 2.81 bits per heavy atom. The zero-order valence-electron chi connectivity index (χ0n) is 15.7. The SMILES string of the molecule is Cc1cc(C(=O)CSc2nnc(C3CC3)n2C)c(C)n1C[C@H]1CCCO1. The van der Waals surface area contributed by atoms with Gasteiger partial charge < -0.3 is 13.9 Å². The molecular weight excluding hydrogens is 348 g/mol. The van der Waals surface area contributed by atoms with E-state index in [0.29, 0.717) is 11.7 Å². The van der Waals surface area contributed by atoms with Gasteiger partial charge in [0.15, 0.2) is 10.9 Å². The van der Waals surface area contributed by atoms with Crippen LogP contribution in [0.3, 0.4) is 0 Å². The third kappa shape index (κ3) is 3.47. The van der Waals surface area contributed by atoms with Crippen molar-refractivity contribution in [1.29, 1.82) is 0 Å². The molecule has 140 valence electrons. The minimum Gasteiger partial charge on any atom is -0.376 e. The number of carbonyl (C=O) groups excluding carboxylic acids is 1. The maximum Gasteiger partial charge on any atom is 0.191 e. The van der Waals surface area contributed by atoms with Crippen molar-refractivity contribution in [2.75, 3.05) is 12.4 Å². The first-order chi connectivity index (χ1) is 12.5. The van der Waals surface area contributed by atoms with E-state index in [1.807, 2.05) is 24.6 Å². The highest BCUT2D eigenvalue weighted by Crippen LogP contribution is 2.39. The maximum absolute atomic E-state index is 12.8. The monoisotopic (exact) mass is 374 g/mol.